The summed E-state index contributed by atoms with van der Waals surface area (Å²) in [5.41, 5.74) is 2.01. The molecule has 0 amide bonds. The number of aromatic nitrogens is 2. The predicted molar refractivity (Wildman–Crippen MR) is 76.9 cm³/mol. The molecule has 0 saturated heterocycles. The maximum atomic E-state index is 12.2. The number of hydrogen-bond acceptors (Lipinski definition) is 6. The SMILES string of the molecule is CCNCc1cc(S(=O)(=O)NCc2ncon2)ccc1C. The summed E-state index contributed by atoms with van der Waals surface area (Å²) < 4.78 is 31.5. The third-order valence-electron chi connectivity index (χ3n) is 3.02. The molecule has 0 unspecified atom stereocenters. The molecule has 0 saturated carbocycles. The molecule has 2 N–H and O–H groups in total. The van der Waals surface area contributed by atoms with Crippen molar-refractivity contribution >= 4 is 10.0 Å². The van der Waals surface area contributed by atoms with Crippen LogP contribution in [-0.2, 0) is 23.1 Å². The molecular formula is C13H18N4O3S. The highest BCUT2D eigenvalue weighted by atomic mass is 32.2. The Morgan fingerprint density at radius 2 is 2.10 bits per heavy atom. The van der Waals surface area contributed by atoms with Crippen LogP contribution in [0.4, 0.5) is 0 Å². The zero-order chi connectivity index (χ0) is 15.3. The summed E-state index contributed by atoms with van der Waals surface area (Å²) in [6, 6.07) is 5.06. The first-order chi connectivity index (χ1) is 10.0. The van der Waals surface area contributed by atoms with Crippen molar-refractivity contribution in [1.82, 2.24) is 20.2 Å². The molecule has 0 aliphatic carbocycles. The Labute approximate surface area is 123 Å². The molecule has 0 fully saturated rings. The Hall–Kier alpha value is -1.77. The highest BCUT2D eigenvalue weighted by Gasteiger charge is 2.16. The lowest BCUT2D eigenvalue weighted by molar-refractivity contribution is 0.409. The minimum Gasteiger partial charge on any atom is -0.343 e. The van der Waals surface area contributed by atoms with E-state index in [-0.39, 0.29) is 11.4 Å². The molecule has 2 rings (SSSR count). The highest BCUT2D eigenvalue weighted by Crippen LogP contribution is 2.15. The van der Waals surface area contributed by atoms with Crippen LogP contribution in [0, 0.1) is 6.92 Å². The number of sulfonamides is 1. The van der Waals surface area contributed by atoms with Gasteiger partial charge in [0.05, 0.1) is 11.4 Å². The number of aryl methyl sites for hydroxylation is 1. The van der Waals surface area contributed by atoms with Gasteiger partial charge in [-0.05, 0) is 36.7 Å². The van der Waals surface area contributed by atoms with E-state index in [1.54, 1.807) is 18.2 Å². The molecule has 2 aromatic rings. The van der Waals surface area contributed by atoms with Crippen LogP contribution in [0.3, 0.4) is 0 Å². The topological polar surface area (TPSA) is 97.1 Å². The van der Waals surface area contributed by atoms with E-state index in [1.165, 1.54) is 0 Å². The first-order valence-electron chi connectivity index (χ1n) is 6.58. The van der Waals surface area contributed by atoms with Gasteiger partial charge in [0.1, 0.15) is 0 Å². The zero-order valence-electron chi connectivity index (χ0n) is 12.0. The summed E-state index contributed by atoms with van der Waals surface area (Å²) in [7, 11) is -3.60. The van der Waals surface area contributed by atoms with Gasteiger partial charge in [-0.3, -0.25) is 0 Å². The minimum absolute atomic E-state index is 0.00471. The molecule has 1 aromatic heterocycles. The van der Waals surface area contributed by atoms with E-state index in [9.17, 15) is 8.42 Å². The summed E-state index contributed by atoms with van der Waals surface area (Å²) in [6.45, 7) is 5.41. The van der Waals surface area contributed by atoms with Crippen LogP contribution in [0.25, 0.3) is 0 Å². The molecule has 114 valence electrons. The second-order valence-electron chi connectivity index (χ2n) is 4.54. The number of hydrogen-bond donors (Lipinski definition) is 2. The lowest BCUT2D eigenvalue weighted by atomic mass is 10.1. The summed E-state index contributed by atoms with van der Waals surface area (Å²) in [4.78, 5) is 4.00. The first-order valence-corrected chi connectivity index (χ1v) is 8.06. The molecule has 1 heterocycles. The van der Waals surface area contributed by atoms with Crippen molar-refractivity contribution in [3.05, 3.63) is 41.5 Å². The van der Waals surface area contributed by atoms with E-state index in [0.717, 1.165) is 24.1 Å². The van der Waals surface area contributed by atoms with Crippen molar-refractivity contribution in [2.45, 2.75) is 31.8 Å². The van der Waals surface area contributed by atoms with Gasteiger partial charge < -0.3 is 9.84 Å². The van der Waals surface area contributed by atoms with Crippen molar-refractivity contribution in [3.63, 3.8) is 0 Å². The second kappa shape index (κ2) is 6.79. The van der Waals surface area contributed by atoms with Gasteiger partial charge in [-0.15, -0.1) is 0 Å². The Kier molecular flexibility index (Phi) is 5.05. The molecule has 0 atom stereocenters. The standard InChI is InChI=1S/C13H18N4O3S/c1-3-14-7-11-6-12(5-4-10(11)2)21(18,19)16-8-13-15-9-20-17-13/h4-6,9,14,16H,3,7-8H2,1-2H3. The van der Waals surface area contributed by atoms with Crippen molar-refractivity contribution < 1.29 is 12.9 Å². The van der Waals surface area contributed by atoms with E-state index >= 15 is 0 Å². The molecule has 7 nitrogen and oxygen atoms in total. The Bertz CT molecular complexity index is 683. The Balaban J connectivity index is 2.15. The summed E-state index contributed by atoms with van der Waals surface area (Å²) in [5, 5.41) is 6.75. The van der Waals surface area contributed by atoms with Crippen LogP contribution in [0.1, 0.15) is 23.9 Å². The van der Waals surface area contributed by atoms with E-state index in [0.29, 0.717) is 12.4 Å². The van der Waals surface area contributed by atoms with Crippen molar-refractivity contribution in [2.24, 2.45) is 0 Å². The third-order valence-corrected chi connectivity index (χ3v) is 4.42. The van der Waals surface area contributed by atoms with E-state index in [2.05, 4.69) is 24.7 Å². The van der Waals surface area contributed by atoms with Crippen LogP contribution in [0.2, 0.25) is 0 Å². The van der Waals surface area contributed by atoms with E-state index in [4.69, 9.17) is 0 Å². The maximum Gasteiger partial charge on any atom is 0.240 e. The van der Waals surface area contributed by atoms with E-state index in [1.807, 2.05) is 13.8 Å². The van der Waals surface area contributed by atoms with Crippen LogP contribution >= 0.6 is 0 Å². The van der Waals surface area contributed by atoms with Gasteiger partial charge in [0, 0.05) is 6.54 Å². The Morgan fingerprint density at radius 3 is 2.76 bits per heavy atom. The molecule has 0 aliphatic heterocycles. The molecule has 0 bridgehead atoms. The van der Waals surface area contributed by atoms with Crippen molar-refractivity contribution in [2.75, 3.05) is 6.54 Å². The molecule has 1 aromatic carbocycles. The van der Waals surface area contributed by atoms with Crippen molar-refractivity contribution in [1.29, 1.82) is 0 Å². The Morgan fingerprint density at radius 1 is 1.29 bits per heavy atom. The van der Waals surface area contributed by atoms with Gasteiger partial charge in [-0.1, -0.05) is 18.1 Å². The summed E-state index contributed by atoms with van der Waals surface area (Å²) in [6.07, 6.45) is 1.16. The predicted octanol–water partition coefficient (Wildman–Crippen LogP) is 0.966. The summed E-state index contributed by atoms with van der Waals surface area (Å²) in [5.74, 6) is 0.290. The molecule has 0 aliphatic rings. The fourth-order valence-corrected chi connectivity index (χ4v) is 2.81. The van der Waals surface area contributed by atoms with E-state index < -0.39 is 10.0 Å². The van der Waals surface area contributed by atoms with Crippen LogP contribution in [0.15, 0.2) is 34.0 Å². The van der Waals surface area contributed by atoms with Gasteiger partial charge in [-0.25, -0.2) is 13.1 Å². The number of nitrogens with one attached hydrogen (secondary N) is 2. The van der Waals surface area contributed by atoms with Crippen LogP contribution in [-0.4, -0.2) is 25.1 Å². The van der Waals surface area contributed by atoms with Crippen LogP contribution < -0.4 is 10.0 Å². The van der Waals surface area contributed by atoms with Gasteiger partial charge in [0.15, 0.2) is 5.82 Å². The molecule has 21 heavy (non-hydrogen) atoms. The third kappa shape index (κ3) is 4.10. The normalized spacial score (nSPS) is 11.7. The smallest absolute Gasteiger partial charge is 0.240 e. The zero-order valence-corrected chi connectivity index (χ0v) is 12.8. The lowest BCUT2D eigenvalue weighted by Crippen LogP contribution is -2.24. The fourth-order valence-electron chi connectivity index (χ4n) is 1.78. The monoisotopic (exact) mass is 310 g/mol. The fraction of sp³-hybridized carbons (Fsp3) is 0.385. The molecule has 0 spiro atoms. The van der Waals surface area contributed by atoms with Crippen molar-refractivity contribution in [3.8, 4) is 0 Å². The average Bonchev–Trinajstić information content (AvgIpc) is 2.97. The molecule has 8 heteroatoms. The molecule has 0 radical (unpaired) electrons. The number of benzene rings is 1. The van der Waals surface area contributed by atoms with Gasteiger partial charge in [-0.2, -0.15) is 4.98 Å². The van der Waals surface area contributed by atoms with Gasteiger partial charge >= 0.3 is 0 Å². The second-order valence-corrected chi connectivity index (χ2v) is 6.31. The average molecular weight is 310 g/mol. The van der Waals surface area contributed by atoms with Gasteiger partial charge in [0.2, 0.25) is 16.4 Å². The largest absolute Gasteiger partial charge is 0.343 e. The first kappa shape index (κ1) is 15.6. The highest BCUT2D eigenvalue weighted by molar-refractivity contribution is 7.89. The van der Waals surface area contributed by atoms with Gasteiger partial charge in [0.25, 0.3) is 0 Å². The molecular weight excluding hydrogens is 292 g/mol. The van der Waals surface area contributed by atoms with Crippen LogP contribution in [0.5, 0.6) is 0 Å². The summed E-state index contributed by atoms with van der Waals surface area (Å²) >= 11 is 0. The minimum atomic E-state index is -3.60. The number of rotatable bonds is 7. The lowest BCUT2D eigenvalue weighted by Gasteiger charge is -2.10. The quantitative estimate of drug-likeness (QED) is 0.791. The number of nitrogens with zero attached hydrogens (tertiary/aromatic N) is 2. The maximum absolute atomic E-state index is 12.2.